The van der Waals surface area contributed by atoms with Gasteiger partial charge in [-0.1, -0.05) is 37.5 Å². The Balaban J connectivity index is 1.42. The number of halogens is 1. The average Bonchev–Trinajstić information content (AvgIpc) is 2.75. The molecule has 1 aliphatic heterocycles. The molecule has 1 aromatic carbocycles. The van der Waals surface area contributed by atoms with Gasteiger partial charge in [0.15, 0.2) is 0 Å². The highest BCUT2D eigenvalue weighted by Crippen LogP contribution is 2.28. The predicted molar refractivity (Wildman–Crippen MR) is 116 cm³/mol. The van der Waals surface area contributed by atoms with Crippen molar-refractivity contribution >= 4 is 0 Å². The number of likely N-dealkylation sites (tertiary alicyclic amines) is 1. The van der Waals surface area contributed by atoms with Gasteiger partial charge >= 0.3 is 0 Å². The van der Waals surface area contributed by atoms with E-state index in [9.17, 15) is 4.39 Å². The van der Waals surface area contributed by atoms with Crippen LogP contribution in [0.5, 0.6) is 0 Å². The Morgan fingerprint density at radius 2 is 1.79 bits per heavy atom. The molecule has 4 rings (SSSR count). The van der Waals surface area contributed by atoms with E-state index in [-0.39, 0.29) is 5.82 Å². The minimum absolute atomic E-state index is 0.148. The zero-order valence-corrected chi connectivity index (χ0v) is 17.5. The normalized spacial score (nSPS) is 21.5. The maximum atomic E-state index is 13.7. The minimum atomic E-state index is -0.148. The number of pyridine rings is 1. The first-order valence-corrected chi connectivity index (χ1v) is 11.4. The highest BCUT2D eigenvalue weighted by Gasteiger charge is 2.28. The number of benzene rings is 1. The van der Waals surface area contributed by atoms with E-state index in [0.717, 1.165) is 31.2 Å². The van der Waals surface area contributed by atoms with Gasteiger partial charge in [-0.15, -0.1) is 0 Å². The van der Waals surface area contributed by atoms with Crippen LogP contribution in [0.3, 0.4) is 0 Å². The van der Waals surface area contributed by atoms with E-state index in [0.29, 0.717) is 5.92 Å². The molecule has 1 saturated carbocycles. The van der Waals surface area contributed by atoms with E-state index in [2.05, 4.69) is 20.9 Å². The van der Waals surface area contributed by atoms with Crippen LogP contribution in [-0.2, 0) is 13.1 Å². The first-order chi connectivity index (χ1) is 14.3. The Hall–Kier alpha value is -1.78. The third kappa shape index (κ3) is 6.10. The molecule has 0 amide bonds. The number of aromatic nitrogens is 1. The summed E-state index contributed by atoms with van der Waals surface area (Å²) >= 11 is 0. The topological polar surface area (TPSA) is 19.4 Å². The number of hydrogen-bond acceptors (Lipinski definition) is 3. The molecule has 3 nitrogen and oxygen atoms in total. The monoisotopic (exact) mass is 395 g/mol. The maximum absolute atomic E-state index is 13.7. The molecule has 0 radical (unpaired) electrons. The highest BCUT2D eigenvalue weighted by atomic mass is 19.1. The summed E-state index contributed by atoms with van der Waals surface area (Å²) in [4.78, 5) is 9.55. The fraction of sp³-hybridized carbons (Fsp3) is 0.560. The quantitative estimate of drug-likeness (QED) is 0.637. The van der Waals surface area contributed by atoms with Crippen LogP contribution in [-0.4, -0.2) is 40.5 Å². The van der Waals surface area contributed by atoms with Crippen LogP contribution >= 0.6 is 0 Å². The van der Waals surface area contributed by atoms with Crippen LogP contribution in [0.15, 0.2) is 48.8 Å². The van der Waals surface area contributed by atoms with Gasteiger partial charge in [0.2, 0.25) is 0 Å². The van der Waals surface area contributed by atoms with Crippen molar-refractivity contribution in [1.82, 2.24) is 14.8 Å². The SMILES string of the molecule is Fc1cccc(CN(Cc2cccnc2)CC2CCCN(C3CCCCC3)C2)c1. The van der Waals surface area contributed by atoms with Crippen LogP contribution in [0.4, 0.5) is 4.39 Å². The number of piperidine rings is 1. The molecule has 1 atom stereocenters. The first-order valence-electron chi connectivity index (χ1n) is 11.4. The zero-order valence-electron chi connectivity index (χ0n) is 17.5. The molecule has 0 spiro atoms. The van der Waals surface area contributed by atoms with Gasteiger partial charge in [0, 0.05) is 44.6 Å². The van der Waals surface area contributed by atoms with Crippen molar-refractivity contribution in [2.24, 2.45) is 5.92 Å². The second kappa shape index (κ2) is 10.3. The Kier molecular flexibility index (Phi) is 7.28. The summed E-state index contributed by atoms with van der Waals surface area (Å²) in [6, 6.07) is 12.0. The van der Waals surface area contributed by atoms with Gasteiger partial charge in [-0.25, -0.2) is 4.39 Å². The second-order valence-electron chi connectivity index (χ2n) is 8.96. The second-order valence-corrected chi connectivity index (χ2v) is 8.96. The lowest BCUT2D eigenvalue weighted by Gasteiger charge is -2.41. The molecular weight excluding hydrogens is 361 g/mol. The van der Waals surface area contributed by atoms with E-state index in [1.54, 1.807) is 6.07 Å². The molecule has 0 N–H and O–H groups in total. The molecular formula is C25H34FN3. The number of hydrogen-bond donors (Lipinski definition) is 0. The van der Waals surface area contributed by atoms with E-state index < -0.39 is 0 Å². The summed E-state index contributed by atoms with van der Waals surface area (Å²) in [5, 5.41) is 0. The van der Waals surface area contributed by atoms with E-state index in [1.165, 1.54) is 69.7 Å². The van der Waals surface area contributed by atoms with Gasteiger partial charge in [0.1, 0.15) is 5.82 Å². The molecule has 1 aromatic heterocycles. The van der Waals surface area contributed by atoms with Crippen LogP contribution < -0.4 is 0 Å². The largest absolute Gasteiger partial charge is 0.300 e. The zero-order chi connectivity index (χ0) is 19.9. The Labute approximate surface area is 174 Å². The van der Waals surface area contributed by atoms with Crippen molar-refractivity contribution in [2.45, 2.75) is 64.1 Å². The smallest absolute Gasteiger partial charge is 0.123 e. The Bertz CT molecular complexity index is 745. The van der Waals surface area contributed by atoms with E-state index >= 15 is 0 Å². The first kappa shape index (κ1) is 20.5. The average molecular weight is 396 g/mol. The van der Waals surface area contributed by atoms with Crippen molar-refractivity contribution in [3.63, 3.8) is 0 Å². The van der Waals surface area contributed by atoms with Gasteiger partial charge in [-0.2, -0.15) is 0 Å². The summed E-state index contributed by atoms with van der Waals surface area (Å²) < 4.78 is 13.7. The van der Waals surface area contributed by atoms with Gasteiger partial charge in [0.05, 0.1) is 0 Å². The van der Waals surface area contributed by atoms with Crippen molar-refractivity contribution in [3.05, 3.63) is 65.7 Å². The Morgan fingerprint density at radius 3 is 2.59 bits per heavy atom. The van der Waals surface area contributed by atoms with Crippen molar-refractivity contribution in [3.8, 4) is 0 Å². The van der Waals surface area contributed by atoms with Crippen LogP contribution in [0.2, 0.25) is 0 Å². The Morgan fingerprint density at radius 1 is 0.966 bits per heavy atom. The summed E-state index contributed by atoms with van der Waals surface area (Å²) in [7, 11) is 0. The molecule has 29 heavy (non-hydrogen) atoms. The van der Waals surface area contributed by atoms with Gasteiger partial charge in [-0.3, -0.25) is 9.88 Å². The lowest BCUT2D eigenvalue weighted by molar-refractivity contribution is 0.0771. The highest BCUT2D eigenvalue weighted by molar-refractivity contribution is 5.17. The van der Waals surface area contributed by atoms with Crippen LogP contribution in [0.1, 0.15) is 56.1 Å². The molecule has 4 heteroatoms. The fourth-order valence-electron chi connectivity index (χ4n) is 5.22. The summed E-state index contributed by atoms with van der Waals surface area (Å²) in [6.45, 7) is 5.20. The molecule has 1 aliphatic carbocycles. The molecule has 1 saturated heterocycles. The summed E-state index contributed by atoms with van der Waals surface area (Å²) in [5.74, 6) is 0.542. The lowest BCUT2D eigenvalue weighted by atomic mass is 9.90. The predicted octanol–water partition coefficient (Wildman–Crippen LogP) is 5.27. The molecule has 2 aliphatic rings. The van der Waals surface area contributed by atoms with Gasteiger partial charge in [-0.05, 0) is 67.5 Å². The standard InChI is InChI=1S/C25H34FN3/c26-24-10-4-7-21(15-24)17-28(18-22-8-5-13-27-16-22)19-23-9-6-14-29(20-23)25-11-2-1-3-12-25/h4-5,7-8,10,13,15-16,23,25H,1-3,6,9,11-12,14,17-20H2. The van der Waals surface area contributed by atoms with Crippen molar-refractivity contribution in [1.29, 1.82) is 0 Å². The van der Waals surface area contributed by atoms with E-state index in [1.807, 2.05) is 30.6 Å². The minimum Gasteiger partial charge on any atom is -0.300 e. The summed E-state index contributed by atoms with van der Waals surface area (Å²) in [6.07, 6.45) is 13.4. The third-order valence-corrected chi connectivity index (χ3v) is 6.58. The fourth-order valence-corrected chi connectivity index (χ4v) is 5.22. The molecule has 1 unspecified atom stereocenters. The molecule has 2 aromatic rings. The maximum Gasteiger partial charge on any atom is 0.123 e. The van der Waals surface area contributed by atoms with E-state index in [4.69, 9.17) is 0 Å². The molecule has 156 valence electrons. The van der Waals surface area contributed by atoms with Crippen LogP contribution in [0.25, 0.3) is 0 Å². The van der Waals surface area contributed by atoms with Crippen LogP contribution in [0, 0.1) is 11.7 Å². The van der Waals surface area contributed by atoms with Crippen molar-refractivity contribution < 1.29 is 4.39 Å². The summed E-state index contributed by atoms with van der Waals surface area (Å²) in [5.41, 5.74) is 2.28. The molecule has 2 heterocycles. The lowest BCUT2D eigenvalue weighted by Crippen LogP contribution is -2.46. The number of rotatable bonds is 7. The molecule has 0 bridgehead atoms. The van der Waals surface area contributed by atoms with Crippen molar-refractivity contribution in [2.75, 3.05) is 19.6 Å². The molecule has 2 fully saturated rings. The van der Waals surface area contributed by atoms with Gasteiger partial charge in [0.25, 0.3) is 0 Å². The van der Waals surface area contributed by atoms with Gasteiger partial charge < -0.3 is 4.90 Å². The number of nitrogens with zero attached hydrogens (tertiary/aromatic N) is 3. The third-order valence-electron chi connectivity index (χ3n) is 6.58.